The Bertz CT molecular complexity index is 1510. The monoisotopic (exact) mass is 669 g/mol. The summed E-state index contributed by atoms with van der Waals surface area (Å²) in [5, 5.41) is 21.6. The van der Waals surface area contributed by atoms with Crippen molar-refractivity contribution in [1.29, 1.82) is 0 Å². The molecule has 0 radical (unpaired) electrons. The summed E-state index contributed by atoms with van der Waals surface area (Å²) in [6.07, 6.45) is 13.4. The molecule has 3 aromatic carbocycles. The number of phenolic OH excluding ortho intramolecular Hbond substituents is 1. The normalized spacial score (nSPS) is 12.7. The van der Waals surface area contributed by atoms with Crippen LogP contribution in [0.3, 0.4) is 0 Å². The molecule has 49 heavy (non-hydrogen) atoms. The second kappa shape index (κ2) is 22.0. The van der Waals surface area contributed by atoms with Gasteiger partial charge in [0.15, 0.2) is 11.7 Å². The van der Waals surface area contributed by atoms with Crippen LogP contribution in [0.4, 0.5) is 0 Å². The standard InChI is InChI=1S/C42H59N3O4/c1-7-8-9-10-11-12-13-14-15-16-17-24-48-29-36(46)30-49-37-21-23-39(40(47)27-37)42(44-28-35-20-18-31(2)25-33(35)4)45-41(43-6)38-22-19-32(3)26-34(38)5/h18-23,25-27,36,46-47H,6-17,24,28-30H2,1-5H3. The predicted octanol–water partition coefficient (Wildman–Crippen LogP) is 9.79. The lowest BCUT2D eigenvalue weighted by Crippen LogP contribution is -2.23. The number of rotatable bonds is 21. The third-order valence-corrected chi connectivity index (χ3v) is 8.74. The van der Waals surface area contributed by atoms with Crippen LogP contribution in [-0.2, 0) is 11.3 Å². The first-order valence-electron chi connectivity index (χ1n) is 18.2. The quantitative estimate of drug-likeness (QED) is 0.0671. The van der Waals surface area contributed by atoms with Crippen molar-refractivity contribution in [1.82, 2.24) is 0 Å². The Morgan fingerprint density at radius 3 is 1.94 bits per heavy atom. The molecule has 2 N–H and O–H groups in total. The molecule has 1 unspecified atom stereocenters. The highest BCUT2D eigenvalue weighted by Gasteiger charge is 2.15. The Labute approximate surface area is 295 Å². The van der Waals surface area contributed by atoms with Gasteiger partial charge in [-0.25, -0.2) is 9.98 Å². The number of hydrogen-bond acceptors (Lipinski definition) is 5. The highest BCUT2D eigenvalue weighted by molar-refractivity contribution is 6.14. The Hall–Kier alpha value is -3.81. The van der Waals surface area contributed by atoms with E-state index in [4.69, 9.17) is 19.5 Å². The van der Waals surface area contributed by atoms with Crippen LogP contribution in [0.5, 0.6) is 11.5 Å². The number of nitrogens with zero attached hydrogens (tertiary/aromatic N) is 3. The molecule has 0 heterocycles. The average molecular weight is 670 g/mol. The number of amidine groups is 2. The number of hydrogen-bond donors (Lipinski definition) is 2. The summed E-state index contributed by atoms with van der Waals surface area (Å²) < 4.78 is 11.5. The third-order valence-electron chi connectivity index (χ3n) is 8.74. The molecule has 266 valence electrons. The van der Waals surface area contributed by atoms with E-state index in [0.717, 1.165) is 40.7 Å². The van der Waals surface area contributed by atoms with Gasteiger partial charge in [0.2, 0.25) is 0 Å². The fourth-order valence-electron chi connectivity index (χ4n) is 5.83. The van der Waals surface area contributed by atoms with Crippen molar-refractivity contribution >= 4 is 18.4 Å². The highest BCUT2D eigenvalue weighted by atomic mass is 16.5. The maximum absolute atomic E-state index is 11.1. The van der Waals surface area contributed by atoms with E-state index in [1.807, 2.05) is 26.0 Å². The van der Waals surface area contributed by atoms with E-state index in [9.17, 15) is 10.2 Å². The molecule has 0 fully saturated rings. The number of unbranched alkanes of at least 4 members (excludes halogenated alkanes) is 10. The molecule has 0 bridgehead atoms. The fourth-order valence-corrected chi connectivity index (χ4v) is 5.83. The molecule has 0 spiro atoms. The number of aliphatic hydroxyl groups excluding tert-OH is 1. The predicted molar refractivity (Wildman–Crippen MR) is 205 cm³/mol. The Kier molecular flexibility index (Phi) is 17.8. The second-order valence-electron chi connectivity index (χ2n) is 13.2. The topological polar surface area (TPSA) is 96.0 Å². The van der Waals surface area contributed by atoms with Crippen LogP contribution >= 0.6 is 0 Å². The number of phenols is 1. The summed E-state index contributed by atoms with van der Waals surface area (Å²) in [5.74, 6) is 1.15. The molecule has 0 saturated heterocycles. The molecular formula is C42H59N3O4. The molecule has 0 aliphatic heterocycles. The summed E-state index contributed by atoms with van der Waals surface area (Å²) in [4.78, 5) is 13.9. The molecule has 7 nitrogen and oxygen atoms in total. The largest absolute Gasteiger partial charge is 0.507 e. The molecule has 1 atom stereocenters. The first-order chi connectivity index (χ1) is 23.7. The van der Waals surface area contributed by atoms with Crippen LogP contribution < -0.4 is 4.74 Å². The van der Waals surface area contributed by atoms with Gasteiger partial charge in [0, 0.05) is 18.2 Å². The zero-order valence-electron chi connectivity index (χ0n) is 30.6. The molecule has 3 rings (SSSR count). The first kappa shape index (κ1) is 39.6. The van der Waals surface area contributed by atoms with Crippen molar-refractivity contribution in [3.05, 3.63) is 93.5 Å². The molecule has 0 saturated carbocycles. The second-order valence-corrected chi connectivity index (χ2v) is 13.2. The van der Waals surface area contributed by atoms with Crippen LogP contribution in [0.1, 0.15) is 116 Å². The first-order valence-corrected chi connectivity index (χ1v) is 18.2. The molecular weight excluding hydrogens is 610 g/mol. The number of ether oxygens (including phenoxy) is 2. The van der Waals surface area contributed by atoms with Crippen molar-refractivity contribution in [2.75, 3.05) is 19.8 Å². The van der Waals surface area contributed by atoms with E-state index in [-0.39, 0.29) is 19.0 Å². The van der Waals surface area contributed by atoms with Crippen molar-refractivity contribution in [2.24, 2.45) is 15.0 Å². The summed E-state index contributed by atoms with van der Waals surface area (Å²) in [6.45, 7) is 15.5. The van der Waals surface area contributed by atoms with E-state index < -0.39 is 6.10 Å². The van der Waals surface area contributed by atoms with Crippen LogP contribution in [0, 0.1) is 27.7 Å². The lowest BCUT2D eigenvalue weighted by atomic mass is 10.0. The van der Waals surface area contributed by atoms with E-state index in [2.05, 4.69) is 56.7 Å². The van der Waals surface area contributed by atoms with E-state index in [0.29, 0.717) is 36.1 Å². The van der Waals surface area contributed by atoms with E-state index in [1.165, 1.54) is 69.4 Å². The van der Waals surface area contributed by atoms with E-state index >= 15 is 0 Å². The lowest BCUT2D eigenvalue weighted by Gasteiger charge is -2.14. The van der Waals surface area contributed by atoms with Gasteiger partial charge in [-0.05, 0) is 69.7 Å². The smallest absolute Gasteiger partial charge is 0.161 e. The van der Waals surface area contributed by atoms with Gasteiger partial charge in [0.05, 0.1) is 18.7 Å². The molecule has 0 amide bonds. The number of aliphatic imine (C=N–C) groups is 3. The SMILES string of the molecule is C=NC(=NC(=NCc1ccc(C)cc1C)c1ccc(OCC(O)COCCCCCCCCCCCCC)cc1O)c1ccc(C)cc1C. The Morgan fingerprint density at radius 1 is 0.714 bits per heavy atom. The van der Waals surface area contributed by atoms with Gasteiger partial charge in [-0.2, -0.15) is 0 Å². The Balaban J connectivity index is 1.56. The summed E-state index contributed by atoms with van der Waals surface area (Å²) in [6, 6.07) is 17.3. The zero-order valence-corrected chi connectivity index (χ0v) is 30.6. The number of benzene rings is 3. The molecule has 7 heteroatoms. The van der Waals surface area contributed by atoms with Gasteiger partial charge < -0.3 is 19.7 Å². The maximum Gasteiger partial charge on any atom is 0.161 e. The van der Waals surface area contributed by atoms with Gasteiger partial charge in [-0.3, -0.25) is 4.99 Å². The van der Waals surface area contributed by atoms with Crippen molar-refractivity contribution < 1.29 is 19.7 Å². The number of aliphatic hydroxyl groups is 1. The van der Waals surface area contributed by atoms with Gasteiger partial charge in [-0.15, -0.1) is 0 Å². The Morgan fingerprint density at radius 2 is 1.33 bits per heavy atom. The zero-order chi connectivity index (χ0) is 35.4. The summed E-state index contributed by atoms with van der Waals surface area (Å²) in [5.41, 5.74) is 6.84. The molecule has 0 aliphatic rings. The minimum atomic E-state index is -0.770. The minimum absolute atomic E-state index is 0.0353. The maximum atomic E-state index is 11.1. The molecule has 0 aromatic heterocycles. The number of aromatic hydroxyl groups is 1. The summed E-state index contributed by atoms with van der Waals surface area (Å²) in [7, 11) is 0. The minimum Gasteiger partial charge on any atom is -0.507 e. The van der Waals surface area contributed by atoms with Crippen LogP contribution in [0.25, 0.3) is 0 Å². The van der Waals surface area contributed by atoms with Gasteiger partial charge in [0.1, 0.15) is 24.2 Å². The van der Waals surface area contributed by atoms with Gasteiger partial charge in [-0.1, -0.05) is 119 Å². The van der Waals surface area contributed by atoms with E-state index in [1.54, 1.807) is 12.1 Å². The molecule has 0 aliphatic carbocycles. The van der Waals surface area contributed by atoms with Gasteiger partial charge >= 0.3 is 0 Å². The number of aryl methyl sites for hydroxylation is 4. The molecule has 3 aromatic rings. The summed E-state index contributed by atoms with van der Waals surface area (Å²) >= 11 is 0. The average Bonchev–Trinajstić information content (AvgIpc) is 3.07. The lowest BCUT2D eigenvalue weighted by molar-refractivity contribution is 0.0109. The van der Waals surface area contributed by atoms with Crippen LogP contribution in [0.2, 0.25) is 0 Å². The third kappa shape index (κ3) is 14.3. The van der Waals surface area contributed by atoms with Crippen molar-refractivity contribution in [3.63, 3.8) is 0 Å². The van der Waals surface area contributed by atoms with Crippen LogP contribution in [0.15, 0.2) is 69.6 Å². The fraction of sp³-hybridized carbons (Fsp3) is 0.500. The van der Waals surface area contributed by atoms with Gasteiger partial charge in [0.25, 0.3) is 0 Å². The van der Waals surface area contributed by atoms with Crippen molar-refractivity contribution in [3.8, 4) is 11.5 Å². The van der Waals surface area contributed by atoms with Crippen molar-refractivity contribution in [2.45, 2.75) is 118 Å². The highest BCUT2D eigenvalue weighted by Crippen LogP contribution is 2.26. The van der Waals surface area contributed by atoms with Crippen LogP contribution in [-0.4, -0.2) is 54.5 Å².